The fourth-order valence-electron chi connectivity index (χ4n) is 3.15. The van der Waals surface area contributed by atoms with Gasteiger partial charge in [0.15, 0.2) is 0 Å². The summed E-state index contributed by atoms with van der Waals surface area (Å²) in [6.07, 6.45) is 6.29. The molecular formula is C13H27N3O2S. The van der Waals surface area contributed by atoms with Crippen molar-refractivity contribution in [1.82, 2.24) is 8.61 Å². The van der Waals surface area contributed by atoms with Crippen molar-refractivity contribution in [3.8, 4) is 0 Å². The van der Waals surface area contributed by atoms with Gasteiger partial charge in [0.05, 0.1) is 0 Å². The Morgan fingerprint density at radius 3 is 2.37 bits per heavy atom. The van der Waals surface area contributed by atoms with Gasteiger partial charge in [-0.1, -0.05) is 26.2 Å². The van der Waals surface area contributed by atoms with E-state index in [9.17, 15) is 8.42 Å². The second kappa shape index (κ2) is 6.08. The zero-order valence-electron chi connectivity index (χ0n) is 12.1. The molecule has 1 aliphatic heterocycles. The quantitative estimate of drug-likeness (QED) is 0.848. The summed E-state index contributed by atoms with van der Waals surface area (Å²) in [7, 11) is -1.57. The first-order valence-corrected chi connectivity index (χ1v) is 8.81. The maximum Gasteiger partial charge on any atom is 0.281 e. The van der Waals surface area contributed by atoms with Crippen LogP contribution in [0.25, 0.3) is 0 Å². The maximum atomic E-state index is 12.6. The summed E-state index contributed by atoms with van der Waals surface area (Å²) in [5.41, 5.74) is 5.97. The molecule has 1 aliphatic carbocycles. The fourth-order valence-corrected chi connectivity index (χ4v) is 4.86. The van der Waals surface area contributed by atoms with Crippen molar-refractivity contribution in [2.75, 3.05) is 20.1 Å². The van der Waals surface area contributed by atoms with E-state index in [1.165, 1.54) is 6.42 Å². The molecule has 0 aromatic rings. The van der Waals surface area contributed by atoms with Gasteiger partial charge in [0.1, 0.15) is 0 Å². The zero-order chi connectivity index (χ0) is 14.0. The molecule has 0 radical (unpaired) electrons. The monoisotopic (exact) mass is 289 g/mol. The van der Waals surface area contributed by atoms with E-state index in [4.69, 9.17) is 5.73 Å². The van der Waals surface area contributed by atoms with Crippen LogP contribution < -0.4 is 5.73 Å². The van der Waals surface area contributed by atoms with E-state index in [2.05, 4.69) is 0 Å². The molecule has 0 amide bonds. The molecule has 2 aliphatic rings. The number of hydrogen-bond donors (Lipinski definition) is 1. The Hall–Kier alpha value is -0.170. The van der Waals surface area contributed by atoms with Gasteiger partial charge in [-0.25, -0.2) is 0 Å². The number of nitrogens with zero attached hydrogens (tertiary/aromatic N) is 2. The van der Waals surface area contributed by atoms with Crippen LogP contribution in [0.4, 0.5) is 0 Å². The Morgan fingerprint density at radius 2 is 1.79 bits per heavy atom. The second-order valence-corrected chi connectivity index (χ2v) is 8.09. The van der Waals surface area contributed by atoms with Crippen molar-refractivity contribution in [3.63, 3.8) is 0 Å². The average molecular weight is 289 g/mol. The van der Waals surface area contributed by atoms with Crippen LogP contribution in [0.1, 0.15) is 45.4 Å². The van der Waals surface area contributed by atoms with Crippen LogP contribution in [-0.2, 0) is 10.2 Å². The molecule has 1 heterocycles. The van der Waals surface area contributed by atoms with Crippen LogP contribution in [0, 0.1) is 5.92 Å². The maximum absolute atomic E-state index is 12.6. The molecule has 0 aromatic carbocycles. The van der Waals surface area contributed by atoms with Gasteiger partial charge >= 0.3 is 0 Å². The zero-order valence-corrected chi connectivity index (χ0v) is 12.9. The van der Waals surface area contributed by atoms with E-state index < -0.39 is 10.2 Å². The summed E-state index contributed by atoms with van der Waals surface area (Å²) in [5, 5.41) is 0. The Balaban J connectivity index is 2.04. The first-order valence-electron chi connectivity index (χ1n) is 7.41. The molecule has 1 saturated carbocycles. The van der Waals surface area contributed by atoms with E-state index >= 15 is 0 Å². The molecule has 1 saturated heterocycles. The Bertz CT molecular complexity index is 385. The molecule has 6 heteroatoms. The minimum absolute atomic E-state index is 0.131. The Labute approximate surface area is 117 Å². The Kier molecular flexibility index (Phi) is 4.87. The molecule has 2 unspecified atom stereocenters. The standard InChI is InChI=1S/C13H27N3O2S/c1-11-10-16(9-8-13(11)14)19(17,18)15(2)12-6-4-3-5-7-12/h11-13H,3-10,14H2,1-2H3. The predicted molar refractivity (Wildman–Crippen MR) is 76.9 cm³/mol. The molecule has 2 N–H and O–H groups in total. The largest absolute Gasteiger partial charge is 0.327 e. The van der Waals surface area contributed by atoms with Crippen LogP contribution in [0.3, 0.4) is 0 Å². The summed E-state index contributed by atoms with van der Waals surface area (Å²) in [6.45, 7) is 3.15. The summed E-state index contributed by atoms with van der Waals surface area (Å²) in [4.78, 5) is 0. The second-order valence-electron chi connectivity index (χ2n) is 6.10. The van der Waals surface area contributed by atoms with E-state index in [0.717, 1.165) is 32.1 Å². The highest BCUT2D eigenvalue weighted by Crippen LogP contribution is 2.26. The smallest absolute Gasteiger partial charge is 0.281 e. The van der Waals surface area contributed by atoms with Crippen molar-refractivity contribution in [2.24, 2.45) is 11.7 Å². The lowest BCUT2D eigenvalue weighted by atomic mass is 9.96. The molecule has 112 valence electrons. The third-order valence-corrected chi connectivity index (χ3v) is 6.72. The minimum atomic E-state index is -3.31. The van der Waals surface area contributed by atoms with Crippen molar-refractivity contribution in [3.05, 3.63) is 0 Å². The van der Waals surface area contributed by atoms with Crippen molar-refractivity contribution in [2.45, 2.75) is 57.5 Å². The third kappa shape index (κ3) is 3.29. The van der Waals surface area contributed by atoms with Crippen LogP contribution in [-0.4, -0.2) is 49.2 Å². The lowest BCUT2D eigenvalue weighted by molar-refractivity contribution is 0.217. The van der Waals surface area contributed by atoms with Gasteiger partial charge in [-0.3, -0.25) is 0 Å². The normalized spacial score (nSPS) is 31.8. The highest BCUT2D eigenvalue weighted by molar-refractivity contribution is 7.86. The topological polar surface area (TPSA) is 66.6 Å². The highest BCUT2D eigenvalue weighted by atomic mass is 32.2. The van der Waals surface area contributed by atoms with Crippen LogP contribution >= 0.6 is 0 Å². The number of hydrogen-bond acceptors (Lipinski definition) is 3. The molecule has 0 bridgehead atoms. The van der Waals surface area contributed by atoms with Gasteiger partial charge in [0, 0.05) is 32.2 Å². The molecule has 2 atom stereocenters. The minimum Gasteiger partial charge on any atom is -0.327 e. The lowest BCUT2D eigenvalue weighted by Crippen LogP contribution is -2.53. The van der Waals surface area contributed by atoms with E-state index in [0.29, 0.717) is 13.1 Å². The average Bonchev–Trinajstić information content (AvgIpc) is 2.41. The first-order chi connectivity index (χ1) is 8.93. The lowest BCUT2D eigenvalue weighted by Gasteiger charge is -2.39. The van der Waals surface area contributed by atoms with E-state index in [-0.39, 0.29) is 18.0 Å². The fraction of sp³-hybridized carbons (Fsp3) is 1.00. The van der Waals surface area contributed by atoms with Gasteiger partial charge in [-0.2, -0.15) is 17.0 Å². The first kappa shape index (κ1) is 15.2. The van der Waals surface area contributed by atoms with E-state index in [1.54, 1.807) is 15.7 Å². The summed E-state index contributed by atoms with van der Waals surface area (Å²) >= 11 is 0. The molecule has 0 spiro atoms. The van der Waals surface area contributed by atoms with Gasteiger partial charge in [-0.15, -0.1) is 0 Å². The van der Waals surface area contributed by atoms with Gasteiger partial charge in [-0.05, 0) is 25.2 Å². The van der Waals surface area contributed by atoms with Crippen molar-refractivity contribution < 1.29 is 8.42 Å². The Morgan fingerprint density at radius 1 is 1.16 bits per heavy atom. The summed E-state index contributed by atoms with van der Waals surface area (Å²) in [6, 6.07) is 0.316. The molecule has 0 aromatic heterocycles. The van der Waals surface area contributed by atoms with Gasteiger partial charge in [0.2, 0.25) is 0 Å². The SMILES string of the molecule is CC1CN(S(=O)(=O)N(C)C2CCCCC2)CCC1N. The molecular weight excluding hydrogens is 262 g/mol. The van der Waals surface area contributed by atoms with Crippen LogP contribution in [0.2, 0.25) is 0 Å². The third-order valence-electron chi connectivity index (χ3n) is 4.71. The predicted octanol–water partition coefficient (Wildman–Crippen LogP) is 1.16. The number of nitrogens with two attached hydrogens (primary N) is 1. The van der Waals surface area contributed by atoms with E-state index in [1.807, 2.05) is 6.92 Å². The van der Waals surface area contributed by atoms with Gasteiger partial charge < -0.3 is 5.73 Å². The molecule has 5 nitrogen and oxygen atoms in total. The van der Waals surface area contributed by atoms with Crippen molar-refractivity contribution in [1.29, 1.82) is 0 Å². The van der Waals surface area contributed by atoms with Crippen LogP contribution in [0.15, 0.2) is 0 Å². The summed E-state index contributed by atoms with van der Waals surface area (Å²) in [5.74, 6) is 0.239. The molecule has 2 rings (SSSR count). The highest BCUT2D eigenvalue weighted by Gasteiger charge is 2.36. The molecule has 19 heavy (non-hydrogen) atoms. The van der Waals surface area contributed by atoms with Crippen LogP contribution in [0.5, 0.6) is 0 Å². The number of rotatable bonds is 3. The number of piperidine rings is 1. The van der Waals surface area contributed by atoms with Gasteiger partial charge in [0.25, 0.3) is 10.2 Å². The van der Waals surface area contributed by atoms with Crippen molar-refractivity contribution >= 4 is 10.2 Å². The summed E-state index contributed by atoms with van der Waals surface area (Å²) < 4.78 is 28.5. The molecule has 2 fully saturated rings.